The van der Waals surface area contributed by atoms with Crippen LogP contribution in [0.4, 0.5) is 0 Å². The highest BCUT2D eigenvalue weighted by atomic mass is 35.5. The van der Waals surface area contributed by atoms with Gasteiger partial charge in [-0.15, -0.1) is 0 Å². The summed E-state index contributed by atoms with van der Waals surface area (Å²) in [6, 6.07) is 0. The molecule has 2 rings (SSSR count). The smallest absolute Gasteiger partial charge is 0.357 e. The monoisotopic (exact) mass is 232 g/mol. The van der Waals surface area contributed by atoms with Crippen molar-refractivity contribution in [2.45, 2.75) is 55.6 Å². The first-order chi connectivity index (χ1) is 7.15. The van der Waals surface area contributed by atoms with Gasteiger partial charge in [-0.25, -0.2) is 4.79 Å². The number of hydrogen-bond acceptors (Lipinski definition) is 3. The number of epoxide rings is 1. The molecule has 0 aromatic carbocycles. The molecule has 1 spiro atoms. The van der Waals surface area contributed by atoms with E-state index in [0.29, 0.717) is 0 Å². The fourth-order valence-corrected chi connectivity index (χ4v) is 2.92. The van der Waals surface area contributed by atoms with E-state index in [4.69, 9.17) is 16.3 Å². The predicted octanol–water partition coefficient (Wildman–Crippen LogP) is 2.61. The van der Waals surface area contributed by atoms with Gasteiger partial charge in [0.25, 0.3) is 5.06 Å². The lowest BCUT2D eigenvalue weighted by atomic mass is 9.88. The second-order valence-corrected chi connectivity index (χ2v) is 4.98. The lowest BCUT2D eigenvalue weighted by Gasteiger charge is -2.17. The van der Waals surface area contributed by atoms with Gasteiger partial charge >= 0.3 is 5.97 Å². The number of ether oxygens (including phenoxy) is 2. The van der Waals surface area contributed by atoms with Gasteiger partial charge in [0.05, 0.1) is 7.11 Å². The highest BCUT2D eigenvalue weighted by Crippen LogP contribution is 2.58. The van der Waals surface area contributed by atoms with Crippen LogP contribution in [0, 0.1) is 0 Å². The summed E-state index contributed by atoms with van der Waals surface area (Å²) in [5, 5.41) is -1.18. The van der Waals surface area contributed by atoms with Crippen molar-refractivity contribution < 1.29 is 14.3 Å². The highest BCUT2D eigenvalue weighted by Gasteiger charge is 2.74. The third kappa shape index (κ3) is 1.76. The van der Waals surface area contributed by atoms with E-state index in [1.54, 1.807) is 0 Å². The molecule has 86 valence electrons. The van der Waals surface area contributed by atoms with E-state index in [1.165, 1.54) is 26.4 Å². The maximum absolute atomic E-state index is 11.5. The maximum Gasteiger partial charge on any atom is 0.357 e. The molecule has 0 bridgehead atoms. The van der Waals surface area contributed by atoms with Crippen LogP contribution in [0.3, 0.4) is 0 Å². The maximum atomic E-state index is 11.5. The standard InChI is InChI=1S/C11H17ClO3/c1-14-9(13)11(12)10(15-11)7-5-3-2-4-6-8-10/h2-8H2,1H3. The average molecular weight is 233 g/mol. The van der Waals surface area contributed by atoms with Gasteiger partial charge < -0.3 is 9.47 Å². The first-order valence-electron chi connectivity index (χ1n) is 5.62. The second-order valence-electron chi connectivity index (χ2n) is 4.45. The Labute approximate surface area is 95.1 Å². The first kappa shape index (κ1) is 11.2. The van der Waals surface area contributed by atoms with Gasteiger partial charge in [-0.1, -0.05) is 43.7 Å². The summed E-state index contributed by atoms with van der Waals surface area (Å²) in [7, 11) is 1.35. The Morgan fingerprint density at radius 3 is 2.27 bits per heavy atom. The van der Waals surface area contributed by atoms with E-state index < -0.39 is 16.6 Å². The SMILES string of the molecule is COC(=O)C1(Cl)OC12CCCCCCC2. The van der Waals surface area contributed by atoms with E-state index in [9.17, 15) is 4.79 Å². The Hall–Kier alpha value is -0.280. The molecule has 1 unspecified atom stereocenters. The number of hydrogen-bond donors (Lipinski definition) is 0. The van der Waals surface area contributed by atoms with Crippen LogP contribution >= 0.6 is 11.6 Å². The van der Waals surface area contributed by atoms with E-state index in [1.807, 2.05) is 0 Å². The van der Waals surface area contributed by atoms with Crippen LogP contribution in [0.5, 0.6) is 0 Å². The van der Waals surface area contributed by atoms with Crippen LogP contribution < -0.4 is 0 Å². The largest absolute Gasteiger partial charge is 0.466 e. The molecular formula is C11H17ClO3. The molecule has 4 heteroatoms. The first-order valence-corrected chi connectivity index (χ1v) is 6.00. The number of alkyl halides is 1. The molecule has 0 radical (unpaired) electrons. The average Bonchev–Trinajstić information content (AvgIpc) is 2.80. The summed E-state index contributed by atoms with van der Waals surface area (Å²) < 4.78 is 10.2. The molecule has 0 amide bonds. The number of carbonyl (C=O) groups is 1. The van der Waals surface area contributed by atoms with Crippen LogP contribution in [0.15, 0.2) is 0 Å². The molecule has 0 aromatic rings. The summed E-state index contributed by atoms with van der Waals surface area (Å²) in [4.78, 5) is 11.5. The molecule has 15 heavy (non-hydrogen) atoms. The molecule has 1 aliphatic heterocycles. The van der Waals surface area contributed by atoms with Crippen LogP contribution in [0.1, 0.15) is 44.9 Å². The van der Waals surface area contributed by atoms with Crippen molar-refractivity contribution in [3.8, 4) is 0 Å². The fourth-order valence-electron chi connectivity index (χ4n) is 2.50. The number of rotatable bonds is 1. The van der Waals surface area contributed by atoms with Crippen LogP contribution in [-0.2, 0) is 14.3 Å². The zero-order chi connectivity index (χ0) is 10.9. The molecule has 0 aromatic heterocycles. The van der Waals surface area contributed by atoms with Gasteiger partial charge in [-0.3, -0.25) is 0 Å². The van der Waals surface area contributed by atoms with E-state index >= 15 is 0 Å². The van der Waals surface area contributed by atoms with Crippen molar-refractivity contribution in [1.82, 2.24) is 0 Å². The van der Waals surface area contributed by atoms with Gasteiger partial charge in [0, 0.05) is 0 Å². The van der Waals surface area contributed by atoms with Crippen LogP contribution in [0.25, 0.3) is 0 Å². The number of carbonyl (C=O) groups excluding carboxylic acids is 1. The summed E-state index contributed by atoms with van der Waals surface area (Å²) in [5.74, 6) is -0.440. The Kier molecular flexibility index (Phi) is 2.95. The van der Waals surface area contributed by atoms with Gasteiger partial charge in [-0.2, -0.15) is 0 Å². The quantitative estimate of drug-likeness (QED) is 0.396. The minimum Gasteiger partial charge on any atom is -0.466 e. The molecule has 2 aliphatic rings. The molecule has 2 fully saturated rings. The highest BCUT2D eigenvalue weighted by molar-refractivity contribution is 6.35. The second kappa shape index (κ2) is 3.95. The van der Waals surface area contributed by atoms with Gasteiger partial charge in [-0.05, 0) is 12.8 Å². The van der Waals surface area contributed by atoms with E-state index in [-0.39, 0.29) is 0 Å². The molecular weight excluding hydrogens is 216 g/mol. The molecule has 3 nitrogen and oxygen atoms in total. The van der Waals surface area contributed by atoms with Crippen molar-refractivity contribution in [3.63, 3.8) is 0 Å². The third-order valence-electron chi connectivity index (χ3n) is 3.49. The van der Waals surface area contributed by atoms with Crippen molar-refractivity contribution in [1.29, 1.82) is 0 Å². The van der Waals surface area contributed by atoms with Gasteiger partial charge in [0.1, 0.15) is 5.60 Å². The fraction of sp³-hybridized carbons (Fsp3) is 0.909. The Balaban J connectivity index is 2.05. The Bertz CT molecular complexity index is 259. The molecule has 0 N–H and O–H groups in total. The number of halogens is 1. The van der Waals surface area contributed by atoms with Crippen LogP contribution in [-0.4, -0.2) is 23.7 Å². The predicted molar refractivity (Wildman–Crippen MR) is 56.7 cm³/mol. The Morgan fingerprint density at radius 2 is 1.73 bits per heavy atom. The lowest BCUT2D eigenvalue weighted by molar-refractivity contribution is -0.143. The zero-order valence-electron chi connectivity index (χ0n) is 9.05. The topological polar surface area (TPSA) is 38.8 Å². The molecule has 1 saturated carbocycles. The van der Waals surface area contributed by atoms with Crippen LogP contribution in [0.2, 0.25) is 0 Å². The minimum absolute atomic E-state index is 0.429. The van der Waals surface area contributed by atoms with Gasteiger partial charge in [0.2, 0.25) is 0 Å². The van der Waals surface area contributed by atoms with E-state index in [0.717, 1.165) is 25.7 Å². The van der Waals surface area contributed by atoms with Crippen molar-refractivity contribution in [2.24, 2.45) is 0 Å². The van der Waals surface area contributed by atoms with Crippen molar-refractivity contribution in [2.75, 3.05) is 7.11 Å². The molecule has 1 aliphatic carbocycles. The summed E-state index contributed by atoms with van der Waals surface area (Å²) in [6.45, 7) is 0. The number of methoxy groups -OCH3 is 1. The normalized spacial score (nSPS) is 34.3. The summed E-state index contributed by atoms with van der Waals surface area (Å²) >= 11 is 6.16. The van der Waals surface area contributed by atoms with Crippen molar-refractivity contribution in [3.05, 3.63) is 0 Å². The molecule has 1 heterocycles. The van der Waals surface area contributed by atoms with Gasteiger partial charge in [0.15, 0.2) is 0 Å². The summed E-state index contributed by atoms with van der Waals surface area (Å²) in [6.07, 6.45) is 7.64. The minimum atomic E-state index is -1.18. The zero-order valence-corrected chi connectivity index (χ0v) is 9.81. The molecule has 1 atom stereocenters. The van der Waals surface area contributed by atoms with E-state index in [2.05, 4.69) is 4.74 Å². The third-order valence-corrected chi connectivity index (χ3v) is 4.07. The van der Waals surface area contributed by atoms with Crippen molar-refractivity contribution >= 4 is 17.6 Å². The number of esters is 1. The molecule has 1 saturated heterocycles. The Morgan fingerprint density at radius 1 is 1.20 bits per heavy atom. The lowest BCUT2D eigenvalue weighted by Crippen LogP contribution is -2.30. The summed E-state index contributed by atoms with van der Waals surface area (Å²) in [5.41, 5.74) is -0.429.